The fourth-order valence-corrected chi connectivity index (χ4v) is 3.52. The first-order valence-electron chi connectivity index (χ1n) is 7.72. The summed E-state index contributed by atoms with van der Waals surface area (Å²) in [4.78, 5) is 0. The molecule has 1 nitrogen and oxygen atoms in total. The molecule has 0 spiro atoms. The molecule has 0 bridgehead atoms. The van der Waals surface area contributed by atoms with Crippen molar-refractivity contribution in [3.63, 3.8) is 0 Å². The summed E-state index contributed by atoms with van der Waals surface area (Å²) >= 11 is 3.67. The van der Waals surface area contributed by atoms with E-state index in [1.165, 1.54) is 43.2 Å². The van der Waals surface area contributed by atoms with Crippen LogP contribution in [0.15, 0.2) is 29.8 Å². The maximum absolute atomic E-state index is 5.77. The second kappa shape index (κ2) is 7.87. The van der Waals surface area contributed by atoms with Gasteiger partial charge in [0.05, 0.1) is 6.10 Å². The molecule has 0 aliphatic heterocycles. The number of alkyl halides is 1. The molecule has 1 aliphatic carbocycles. The first-order chi connectivity index (χ1) is 9.69. The van der Waals surface area contributed by atoms with Crippen molar-refractivity contribution < 1.29 is 4.74 Å². The van der Waals surface area contributed by atoms with Gasteiger partial charge in [0, 0.05) is 5.33 Å². The summed E-state index contributed by atoms with van der Waals surface area (Å²) in [6.07, 6.45) is 9.43. The maximum Gasteiger partial charge on any atom is 0.120 e. The largest absolute Gasteiger partial charge is 0.491 e. The number of allylic oxidation sites excluding steroid dienone is 1. The monoisotopic (exact) mass is 336 g/mol. The molecule has 110 valence electrons. The predicted molar refractivity (Wildman–Crippen MR) is 90.6 cm³/mol. The molecule has 0 aromatic heterocycles. The second-order valence-corrected chi connectivity index (χ2v) is 6.49. The standard InChI is InChI=1S/C18H25BrO/c1-14(2)20-18-10-6-7-15(12-18)11-17(13-19)16-8-4-3-5-9-16/h6-7,10-12,14,16H,3-5,8-9,13H2,1-2H3/b17-11-. The Kier molecular flexibility index (Phi) is 6.15. The van der Waals surface area contributed by atoms with Crippen LogP contribution < -0.4 is 4.74 Å². The van der Waals surface area contributed by atoms with Gasteiger partial charge in [-0.1, -0.05) is 59.0 Å². The van der Waals surface area contributed by atoms with E-state index in [1.54, 1.807) is 0 Å². The highest BCUT2D eigenvalue weighted by atomic mass is 79.9. The number of hydrogen-bond donors (Lipinski definition) is 0. The molecule has 0 atom stereocenters. The van der Waals surface area contributed by atoms with Gasteiger partial charge in [0.1, 0.15) is 5.75 Å². The molecule has 0 N–H and O–H groups in total. The fraction of sp³-hybridized carbons (Fsp3) is 0.556. The SMILES string of the molecule is CC(C)Oc1cccc(/C=C(/CBr)C2CCCCC2)c1. The normalized spacial score (nSPS) is 17.5. The van der Waals surface area contributed by atoms with Crippen molar-refractivity contribution in [1.29, 1.82) is 0 Å². The average Bonchev–Trinajstić information content (AvgIpc) is 2.45. The highest BCUT2D eigenvalue weighted by Gasteiger charge is 2.17. The molecule has 0 unspecified atom stereocenters. The number of halogens is 1. The molecule has 0 radical (unpaired) electrons. The van der Waals surface area contributed by atoms with E-state index < -0.39 is 0 Å². The minimum atomic E-state index is 0.225. The van der Waals surface area contributed by atoms with Crippen LogP contribution in [-0.4, -0.2) is 11.4 Å². The lowest BCUT2D eigenvalue weighted by Crippen LogP contribution is -2.10. The zero-order valence-corrected chi connectivity index (χ0v) is 14.2. The van der Waals surface area contributed by atoms with Crippen LogP contribution in [0.5, 0.6) is 5.75 Å². The van der Waals surface area contributed by atoms with Gasteiger partial charge in [-0.2, -0.15) is 0 Å². The van der Waals surface area contributed by atoms with Crippen LogP contribution in [0, 0.1) is 5.92 Å². The van der Waals surface area contributed by atoms with Crippen molar-refractivity contribution in [2.45, 2.75) is 52.1 Å². The summed E-state index contributed by atoms with van der Waals surface area (Å²) in [5, 5.41) is 0.979. The molecule has 1 aromatic carbocycles. The Labute approximate surface area is 131 Å². The minimum Gasteiger partial charge on any atom is -0.491 e. The summed E-state index contributed by atoms with van der Waals surface area (Å²) in [7, 11) is 0. The van der Waals surface area contributed by atoms with E-state index in [-0.39, 0.29) is 6.10 Å². The summed E-state index contributed by atoms with van der Waals surface area (Å²) < 4.78 is 5.77. The smallest absolute Gasteiger partial charge is 0.120 e. The molecule has 0 saturated heterocycles. The molecule has 20 heavy (non-hydrogen) atoms. The highest BCUT2D eigenvalue weighted by Crippen LogP contribution is 2.32. The molecule has 0 amide bonds. The van der Waals surface area contributed by atoms with Crippen LogP contribution in [0.2, 0.25) is 0 Å². The number of hydrogen-bond acceptors (Lipinski definition) is 1. The van der Waals surface area contributed by atoms with E-state index in [4.69, 9.17) is 4.74 Å². The third-order valence-electron chi connectivity index (χ3n) is 3.87. The van der Waals surface area contributed by atoms with E-state index >= 15 is 0 Å². The van der Waals surface area contributed by atoms with Crippen LogP contribution in [0.25, 0.3) is 6.08 Å². The molecule has 2 rings (SSSR count). The lowest BCUT2D eigenvalue weighted by Gasteiger charge is -2.23. The quantitative estimate of drug-likeness (QED) is 0.614. The molecule has 1 aliphatic rings. The highest BCUT2D eigenvalue weighted by molar-refractivity contribution is 9.09. The Morgan fingerprint density at radius 2 is 2.05 bits per heavy atom. The van der Waals surface area contributed by atoms with Gasteiger partial charge in [0.15, 0.2) is 0 Å². The first kappa shape index (κ1) is 15.6. The second-order valence-electron chi connectivity index (χ2n) is 5.93. The number of rotatable bonds is 5. The van der Waals surface area contributed by atoms with Crippen molar-refractivity contribution >= 4 is 22.0 Å². The predicted octanol–water partition coefficient (Wildman–Crippen LogP) is 5.83. The van der Waals surface area contributed by atoms with Gasteiger partial charge in [-0.3, -0.25) is 0 Å². The Morgan fingerprint density at radius 1 is 1.30 bits per heavy atom. The van der Waals surface area contributed by atoms with Gasteiger partial charge in [0.2, 0.25) is 0 Å². The number of ether oxygens (including phenoxy) is 1. The molecule has 1 fully saturated rings. The summed E-state index contributed by atoms with van der Waals surface area (Å²) in [5.41, 5.74) is 2.79. The third-order valence-corrected chi connectivity index (χ3v) is 4.51. The maximum atomic E-state index is 5.77. The Hall–Kier alpha value is -0.760. The van der Waals surface area contributed by atoms with Crippen molar-refractivity contribution in [3.05, 3.63) is 35.4 Å². The van der Waals surface area contributed by atoms with Gasteiger partial charge >= 0.3 is 0 Å². The van der Waals surface area contributed by atoms with Crippen molar-refractivity contribution in [1.82, 2.24) is 0 Å². The lowest BCUT2D eigenvalue weighted by atomic mass is 9.84. The van der Waals surface area contributed by atoms with Gasteiger partial charge in [-0.05, 0) is 50.3 Å². The van der Waals surface area contributed by atoms with Crippen LogP contribution in [-0.2, 0) is 0 Å². The molecule has 1 aromatic rings. The van der Waals surface area contributed by atoms with E-state index in [2.05, 4.69) is 54.1 Å². The molecule has 2 heteroatoms. The van der Waals surface area contributed by atoms with Gasteiger partial charge < -0.3 is 4.74 Å². The molecular formula is C18H25BrO. The third kappa shape index (κ3) is 4.66. The van der Waals surface area contributed by atoms with Crippen molar-refractivity contribution in [3.8, 4) is 5.75 Å². The van der Waals surface area contributed by atoms with Crippen LogP contribution in [0.3, 0.4) is 0 Å². The first-order valence-corrected chi connectivity index (χ1v) is 8.84. The number of benzene rings is 1. The van der Waals surface area contributed by atoms with Crippen LogP contribution in [0.4, 0.5) is 0 Å². The van der Waals surface area contributed by atoms with E-state index in [0.29, 0.717) is 0 Å². The van der Waals surface area contributed by atoms with Crippen molar-refractivity contribution in [2.75, 3.05) is 5.33 Å². The van der Waals surface area contributed by atoms with Crippen LogP contribution in [0.1, 0.15) is 51.5 Å². The fourth-order valence-electron chi connectivity index (χ4n) is 2.90. The zero-order chi connectivity index (χ0) is 14.4. The molecular weight excluding hydrogens is 312 g/mol. The summed E-state index contributed by atoms with van der Waals surface area (Å²) in [6, 6.07) is 8.42. The Morgan fingerprint density at radius 3 is 2.70 bits per heavy atom. The van der Waals surface area contributed by atoms with Gasteiger partial charge in [0.25, 0.3) is 0 Å². The van der Waals surface area contributed by atoms with Crippen LogP contribution >= 0.6 is 15.9 Å². The molecule has 0 heterocycles. The Bertz CT molecular complexity index is 444. The molecule has 1 saturated carbocycles. The summed E-state index contributed by atoms with van der Waals surface area (Å²) in [6.45, 7) is 4.13. The van der Waals surface area contributed by atoms with E-state index in [9.17, 15) is 0 Å². The average molecular weight is 337 g/mol. The Balaban J connectivity index is 2.14. The van der Waals surface area contributed by atoms with Crippen molar-refractivity contribution in [2.24, 2.45) is 5.92 Å². The zero-order valence-electron chi connectivity index (χ0n) is 12.6. The minimum absolute atomic E-state index is 0.225. The van der Waals surface area contributed by atoms with Gasteiger partial charge in [-0.15, -0.1) is 0 Å². The van der Waals surface area contributed by atoms with E-state index in [1.807, 2.05) is 6.07 Å². The lowest BCUT2D eigenvalue weighted by molar-refractivity contribution is 0.242. The topological polar surface area (TPSA) is 9.23 Å². The van der Waals surface area contributed by atoms with E-state index in [0.717, 1.165) is 17.0 Å². The summed E-state index contributed by atoms with van der Waals surface area (Å²) in [5.74, 6) is 1.73. The van der Waals surface area contributed by atoms with Gasteiger partial charge in [-0.25, -0.2) is 0 Å².